The Morgan fingerprint density at radius 3 is 3.00 bits per heavy atom. The van der Waals surface area contributed by atoms with Crippen molar-refractivity contribution in [2.75, 3.05) is 0 Å². The monoisotopic (exact) mass is 294 g/mol. The maximum atomic E-state index is 8.61. The maximum absolute atomic E-state index is 8.61. The Bertz CT molecular complexity index is 625. The van der Waals surface area contributed by atoms with Gasteiger partial charge in [0.1, 0.15) is 5.75 Å². The number of nitrogens with two attached hydrogens (primary N) is 1. The Hall–Kier alpha value is -2.21. The highest BCUT2D eigenvalue weighted by atomic mass is 35.5. The van der Waals surface area contributed by atoms with Gasteiger partial charge in [0.05, 0.1) is 17.4 Å². The first-order valence-electron chi connectivity index (χ1n) is 6.11. The van der Waals surface area contributed by atoms with E-state index < -0.39 is 0 Å². The summed E-state index contributed by atoms with van der Waals surface area (Å²) in [5.41, 5.74) is 6.01. The number of oxime groups is 1. The van der Waals surface area contributed by atoms with Gasteiger partial charge in [-0.15, -0.1) is 0 Å². The quantitative estimate of drug-likeness (QED) is 0.384. The first-order valence-corrected chi connectivity index (χ1v) is 6.49. The molecular formula is C13H15ClN4O2. The molecule has 2 aromatic rings. The minimum absolute atomic E-state index is 0.00536. The van der Waals surface area contributed by atoms with Gasteiger partial charge in [-0.05, 0) is 24.6 Å². The standard InChI is InChI=1S/C13H15ClN4O2/c1-2-5-18-8-10(7-16-18)20-12-4-3-9(6-11(12)14)13(15)17-19/h3-4,6-8,19H,2,5H2,1H3,(H2,15,17). The molecule has 0 spiro atoms. The average Bonchev–Trinajstić information content (AvgIpc) is 2.88. The van der Waals surface area contributed by atoms with Crippen LogP contribution in [0.4, 0.5) is 0 Å². The molecule has 20 heavy (non-hydrogen) atoms. The smallest absolute Gasteiger partial charge is 0.170 e. The molecule has 6 nitrogen and oxygen atoms in total. The van der Waals surface area contributed by atoms with Gasteiger partial charge >= 0.3 is 0 Å². The van der Waals surface area contributed by atoms with Crippen molar-refractivity contribution in [1.29, 1.82) is 0 Å². The fourth-order valence-electron chi connectivity index (χ4n) is 1.68. The largest absolute Gasteiger partial charge is 0.452 e. The highest BCUT2D eigenvalue weighted by molar-refractivity contribution is 6.32. The predicted molar refractivity (Wildman–Crippen MR) is 76.6 cm³/mol. The maximum Gasteiger partial charge on any atom is 0.170 e. The number of rotatable bonds is 5. The molecule has 3 N–H and O–H groups in total. The first kappa shape index (κ1) is 14.2. The summed E-state index contributed by atoms with van der Waals surface area (Å²) >= 11 is 6.10. The molecular weight excluding hydrogens is 280 g/mol. The first-order chi connectivity index (χ1) is 9.63. The molecule has 0 bridgehead atoms. The van der Waals surface area contributed by atoms with Crippen LogP contribution in [0.2, 0.25) is 5.02 Å². The van der Waals surface area contributed by atoms with Crippen LogP contribution >= 0.6 is 11.6 Å². The van der Waals surface area contributed by atoms with Crippen molar-refractivity contribution in [3.05, 3.63) is 41.2 Å². The number of ether oxygens (including phenoxy) is 1. The summed E-state index contributed by atoms with van der Waals surface area (Å²) in [5.74, 6) is 1.09. The number of amidine groups is 1. The summed E-state index contributed by atoms with van der Waals surface area (Å²) in [6.45, 7) is 2.91. The molecule has 0 aliphatic carbocycles. The van der Waals surface area contributed by atoms with Gasteiger partial charge in [-0.25, -0.2) is 0 Å². The van der Waals surface area contributed by atoms with Crippen molar-refractivity contribution in [2.24, 2.45) is 10.9 Å². The van der Waals surface area contributed by atoms with E-state index in [4.69, 9.17) is 27.3 Å². The summed E-state index contributed by atoms with van der Waals surface area (Å²) in [6.07, 6.45) is 4.43. The van der Waals surface area contributed by atoms with Crippen LogP contribution in [0.5, 0.6) is 11.5 Å². The minimum Gasteiger partial charge on any atom is -0.452 e. The van der Waals surface area contributed by atoms with Crippen LogP contribution in [-0.2, 0) is 6.54 Å². The topological polar surface area (TPSA) is 85.7 Å². The summed E-state index contributed by atoms with van der Waals surface area (Å²) in [5, 5.41) is 16.1. The van der Waals surface area contributed by atoms with Gasteiger partial charge in [0.25, 0.3) is 0 Å². The highest BCUT2D eigenvalue weighted by Crippen LogP contribution is 2.29. The van der Waals surface area contributed by atoms with Crippen LogP contribution in [0.25, 0.3) is 0 Å². The normalized spacial score (nSPS) is 11.6. The van der Waals surface area contributed by atoms with Crippen LogP contribution in [0, 0.1) is 0 Å². The summed E-state index contributed by atoms with van der Waals surface area (Å²) in [7, 11) is 0. The van der Waals surface area contributed by atoms with E-state index in [2.05, 4.69) is 17.2 Å². The zero-order chi connectivity index (χ0) is 14.5. The van der Waals surface area contributed by atoms with Gasteiger partial charge in [-0.2, -0.15) is 5.10 Å². The van der Waals surface area contributed by atoms with Crippen molar-refractivity contribution in [3.63, 3.8) is 0 Å². The molecule has 0 fully saturated rings. The Labute approximate surface area is 121 Å². The molecule has 0 saturated carbocycles. The lowest BCUT2D eigenvalue weighted by Crippen LogP contribution is -2.12. The van der Waals surface area contributed by atoms with Crippen LogP contribution in [-0.4, -0.2) is 20.8 Å². The number of nitrogens with zero attached hydrogens (tertiary/aromatic N) is 3. The van der Waals surface area contributed by atoms with Crippen LogP contribution in [0.15, 0.2) is 35.7 Å². The molecule has 0 amide bonds. The SMILES string of the molecule is CCCn1cc(Oc2ccc(/C(N)=N/O)cc2Cl)cn1. The zero-order valence-corrected chi connectivity index (χ0v) is 11.7. The van der Waals surface area contributed by atoms with E-state index in [-0.39, 0.29) is 5.84 Å². The van der Waals surface area contributed by atoms with Gasteiger partial charge in [0, 0.05) is 12.1 Å². The third kappa shape index (κ3) is 3.21. The van der Waals surface area contributed by atoms with Crippen molar-refractivity contribution < 1.29 is 9.94 Å². The molecule has 1 heterocycles. The Morgan fingerprint density at radius 2 is 2.35 bits per heavy atom. The molecule has 1 aromatic carbocycles. The zero-order valence-electron chi connectivity index (χ0n) is 11.0. The van der Waals surface area contributed by atoms with Gasteiger partial charge in [-0.1, -0.05) is 23.7 Å². The molecule has 106 valence electrons. The molecule has 0 saturated heterocycles. The van der Waals surface area contributed by atoms with Crippen molar-refractivity contribution in [3.8, 4) is 11.5 Å². The van der Waals surface area contributed by atoms with Crippen LogP contribution in [0.1, 0.15) is 18.9 Å². The molecule has 1 aromatic heterocycles. The van der Waals surface area contributed by atoms with E-state index in [9.17, 15) is 0 Å². The average molecular weight is 295 g/mol. The summed E-state index contributed by atoms with van der Waals surface area (Å²) in [6, 6.07) is 4.89. The van der Waals surface area contributed by atoms with Gasteiger partial charge in [0.2, 0.25) is 0 Å². The predicted octanol–water partition coefficient (Wildman–Crippen LogP) is 2.83. The molecule has 0 unspecified atom stereocenters. The second-order valence-electron chi connectivity index (χ2n) is 4.17. The third-order valence-corrected chi connectivity index (χ3v) is 2.92. The van der Waals surface area contributed by atoms with Gasteiger partial charge < -0.3 is 15.7 Å². The molecule has 2 rings (SSSR count). The highest BCUT2D eigenvalue weighted by Gasteiger charge is 2.08. The number of aromatic nitrogens is 2. The van der Waals surface area contributed by atoms with E-state index in [1.54, 1.807) is 35.3 Å². The number of aryl methyl sites for hydroxylation is 1. The van der Waals surface area contributed by atoms with E-state index in [1.165, 1.54) is 0 Å². The van der Waals surface area contributed by atoms with E-state index >= 15 is 0 Å². The number of halogens is 1. The van der Waals surface area contributed by atoms with Gasteiger partial charge in [0.15, 0.2) is 11.6 Å². The Balaban J connectivity index is 2.16. The van der Waals surface area contributed by atoms with Crippen molar-refractivity contribution >= 4 is 17.4 Å². The third-order valence-electron chi connectivity index (χ3n) is 2.63. The Kier molecular flexibility index (Phi) is 4.47. The summed E-state index contributed by atoms with van der Waals surface area (Å²) in [4.78, 5) is 0. The minimum atomic E-state index is -0.00536. The second-order valence-corrected chi connectivity index (χ2v) is 4.58. The van der Waals surface area contributed by atoms with E-state index in [0.29, 0.717) is 22.1 Å². The summed E-state index contributed by atoms with van der Waals surface area (Å²) < 4.78 is 7.45. The molecule has 7 heteroatoms. The lowest BCUT2D eigenvalue weighted by Gasteiger charge is -2.06. The van der Waals surface area contributed by atoms with E-state index in [0.717, 1.165) is 13.0 Å². The molecule has 0 radical (unpaired) electrons. The number of hydrogen-bond acceptors (Lipinski definition) is 4. The molecule has 0 aliphatic heterocycles. The molecule has 0 atom stereocenters. The Morgan fingerprint density at radius 1 is 1.55 bits per heavy atom. The van der Waals surface area contributed by atoms with E-state index in [1.807, 2.05) is 0 Å². The number of benzene rings is 1. The second kappa shape index (κ2) is 6.29. The lowest BCUT2D eigenvalue weighted by atomic mass is 10.2. The van der Waals surface area contributed by atoms with Crippen LogP contribution < -0.4 is 10.5 Å². The fraction of sp³-hybridized carbons (Fsp3) is 0.231. The number of hydrogen-bond donors (Lipinski definition) is 2. The van der Waals surface area contributed by atoms with Crippen molar-refractivity contribution in [2.45, 2.75) is 19.9 Å². The lowest BCUT2D eigenvalue weighted by molar-refractivity contribution is 0.318. The molecule has 0 aliphatic rings. The fourth-order valence-corrected chi connectivity index (χ4v) is 1.90. The van der Waals surface area contributed by atoms with Crippen molar-refractivity contribution in [1.82, 2.24) is 9.78 Å². The van der Waals surface area contributed by atoms with Gasteiger partial charge in [-0.3, -0.25) is 4.68 Å². The van der Waals surface area contributed by atoms with Crippen LogP contribution in [0.3, 0.4) is 0 Å².